The Kier molecular flexibility index (Phi) is 5.18. The van der Waals surface area contributed by atoms with E-state index in [9.17, 15) is 5.11 Å². The summed E-state index contributed by atoms with van der Waals surface area (Å²) >= 11 is 12.6. The molecular formula is C24H23Cl2N3O. The van der Waals surface area contributed by atoms with E-state index in [4.69, 9.17) is 33.2 Å². The fraction of sp³-hybridized carbons (Fsp3) is 0.333. The lowest BCUT2D eigenvalue weighted by Crippen LogP contribution is -2.23. The molecule has 1 aromatic heterocycles. The number of nitrogens with one attached hydrogen (secondary N) is 1. The number of anilines is 1. The van der Waals surface area contributed by atoms with Gasteiger partial charge in [-0.1, -0.05) is 54.4 Å². The molecule has 1 fully saturated rings. The Morgan fingerprint density at radius 2 is 1.90 bits per heavy atom. The van der Waals surface area contributed by atoms with Crippen LogP contribution in [0.3, 0.4) is 0 Å². The van der Waals surface area contributed by atoms with Gasteiger partial charge < -0.3 is 10.4 Å². The molecule has 4 nitrogen and oxygen atoms in total. The monoisotopic (exact) mass is 439 g/mol. The molecular weight excluding hydrogens is 417 g/mol. The summed E-state index contributed by atoms with van der Waals surface area (Å²) in [5.74, 6) is 1.15. The molecule has 0 amide bonds. The first-order valence-electron chi connectivity index (χ1n) is 10.4. The second-order valence-corrected chi connectivity index (χ2v) is 8.94. The van der Waals surface area contributed by atoms with Crippen molar-refractivity contribution in [2.75, 3.05) is 5.32 Å². The average Bonchev–Trinajstić information content (AvgIpc) is 3.53. The van der Waals surface area contributed by atoms with Gasteiger partial charge in [-0.25, -0.2) is 9.97 Å². The first kappa shape index (κ1) is 19.8. The zero-order valence-electron chi connectivity index (χ0n) is 16.7. The summed E-state index contributed by atoms with van der Waals surface area (Å²) in [6, 6.07) is 13.5. The predicted octanol–water partition coefficient (Wildman–Crippen LogP) is 5.96. The Morgan fingerprint density at radius 3 is 2.63 bits per heavy atom. The van der Waals surface area contributed by atoms with E-state index in [-0.39, 0.29) is 6.04 Å². The number of hydrogen-bond donors (Lipinski definition) is 2. The molecule has 1 heterocycles. The number of fused-ring (bicyclic) bond motifs is 1. The van der Waals surface area contributed by atoms with Crippen LogP contribution in [0.25, 0.3) is 11.3 Å². The summed E-state index contributed by atoms with van der Waals surface area (Å²) in [5, 5.41) is 15.4. The van der Waals surface area contributed by atoms with E-state index in [0.717, 1.165) is 53.3 Å². The molecule has 0 spiro atoms. The number of aryl methyl sites for hydroxylation is 1. The smallest absolute Gasteiger partial charge is 0.148 e. The predicted molar refractivity (Wildman–Crippen MR) is 121 cm³/mol. The first-order chi connectivity index (χ1) is 14.5. The third kappa shape index (κ3) is 3.58. The quantitative estimate of drug-likeness (QED) is 0.514. The van der Waals surface area contributed by atoms with Crippen LogP contribution in [0.15, 0.2) is 42.5 Å². The molecule has 2 aromatic carbocycles. The van der Waals surface area contributed by atoms with Gasteiger partial charge in [0.1, 0.15) is 5.82 Å². The Morgan fingerprint density at radius 1 is 1.10 bits per heavy atom. The molecule has 0 bridgehead atoms. The molecule has 2 aliphatic carbocycles. The molecule has 6 heteroatoms. The van der Waals surface area contributed by atoms with Crippen LogP contribution >= 0.6 is 23.2 Å². The SMILES string of the molecule is CCc1nc(-c2ccc(Cl)cc2Cl)c(C2CC2)nc1NC1c2ccccc2CC1O. The lowest BCUT2D eigenvalue weighted by atomic mass is 10.1. The minimum atomic E-state index is -0.483. The highest BCUT2D eigenvalue weighted by Crippen LogP contribution is 2.45. The Bertz CT molecular complexity index is 1110. The van der Waals surface area contributed by atoms with Crippen molar-refractivity contribution in [2.24, 2.45) is 0 Å². The Labute approximate surface area is 186 Å². The van der Waals surface area contributed by atoms with Crippen LogP contribution in [0, 0.1) is 0 Å². The minimum Gasteiger partial charge on any atom is -0.390 e. The summed E-state index contributed by atoms with van der Waals surface area (Å²) in [5.41, 5.74) is 5.86. The molecule has 0 saturated heterocycles. The van der Waals surface area contributed by atoms with Crippen LogP contribution in [0.2, 0.25) is 10.0 Å². The van der Waals surface area contributed by atoms with E-state index in [1.807, 2.05) is 24.3 Å². The van der Waals surface area contributed by atoms with Gasteiger partial charge in [0.2, 0.25) is 0 Å². The van der Waals surface area contributed by atoms with E-state index < -0.39 is 6.10 Å². The summed E-state index contributed by atoms with van der Waals surface area (Å²) in [6.07, 6.45) is 3.10. The minimum absolute atomic E-state index is 0.183. The highest BCUT2D eigenvalue weighted by molar-refractivity contribution is 6.36. The number of aliphatic hydroxyl groups is 1. The molecule has 2 unspecified atom stereocenters. The molecule has 30 heavy (non-hydrogen) atoms. The molecule has 2 aliphatic rings. The van der Waals surface area contributed by atoms with Gasteiger partial charge in [0.25, 0.3) is 0 Å². The van der Waals surface area contributed by atoms with Gasteiger partial charge in [0.05, 0.1) is 34.3 Å². The maximum absolute atomic E-state index is 10.7. The number of halogens is 2. The normalized spacial score (nSPS) is 20.3. The van der Waals surface area contributed by atoms with Gasteiger partial charge in [-0.2, -0.15) is 0 Å². The molecule has 5 rings (SSSR count). The van der Waals surface area contributed by atoms with E-state index >= 15 is 0 Å². The Hall–Kier alpha value is -2.14. The van der Waals surface area contributed by atoms with Crippen LogP contribution in [0.4, 0.5) is 5.82 Å². The second-order valence-electron chi connectivity index (χ2n) is 8.10. The van der Waals surface area contributed by atoms with Crippen molar-refractivity contribution in [3.63, 3.8) is 0 Å². The topological polar surface area (TPSA) is 58.0 Å². The number of aliphatic hydroxyl groups excluding tert-OH is 1. The number of aromatic nitrogens is 2. The third-order valence-corrected chi connectivity index (χ3v) is 6.52. The van der Waals surface area contributed by atoms with Crippen molar-refractivity contribution in [1.29, 1.82) is 0 Å². The van der Waals surface area contributed by atoms with Crippen molar-refractivity contribution < 1.29 is 5.11 Å². The number of rotatable bonds is 5. The van der Waals surface area contributed by atoms with Crippen LogP contribution in [-0.2, 0) is 12.8 Å². The summed E-state index contributed by atoms with van der Waals surface area (Å²) < 4.78 is 0. The zero-order chi connectivity index (χ0) is 20.8. The fourth-order valence-corrected chi connectivity index (χ4v) is 4.76. The summed E-state index contributed by atoms with van der Waals surface area (Å²) in [7, 11) is 0. The van der Waals surface area contributed by atoms with E-state index in [2.05, 4.69) is 24.4 Å². The van der Waals surface area contributed by atoms with Crippen LogP contribution in [-0.4, -0.2) is 21.2 Å². The average molecular weight is 440 g/mol. The maximum Gasteiger partial charge on any atom is 0.148 e. The molecule has 0 radical (unpaired) electrons. The maximum atomic E-state index is 10.7. The summed E-state index contributed by atoms with van der Waals surface area (Å²) in [4.78, 5) is 10.0. The van der Waals surface area contributed by atoms with Gasteiger partial charge in [-0.15, -0.1) is 0 Å². The van der Waals surface area contributed by atoms with Crippen LogP contribution in [0.5, 0.6) is 0 Å². The number of hydrogen-bond acceptors (Lipinski definition) is 4. The Balaban J connectivity index is 1.58. The van der Waals surface area contributed by atoms with Gasteiger partial charge >= 0.3 is 0 Å². The standard InChI is InChI=1S/C24H23Cl2N3O/c1-2-19-24(29-22-16-6-4-3-5-14(16)11-20(22)30)28-21(13-7-8-13)23(27-19)17-10-9-15(25)12-18(17)26/h3-6,9-10,12-13,20,22,30H,2,7-8,11H2,1H3,(H,28,29). The van der Waals surface area contributed by atoms with Gasteiger partial charge in [-0.3, -0.25) is 0 Å². The highest BCUT2D eigenvalue weighted by Gasteiger charge is 2.34. The van der Waals surface area contributed by atoms with Gasteiger partial charge in [0, 0.05) is 22.9 Å². The van der Waals surface area contributed by atoms with Crippen molar-refractivity contribution in [3.05, 3.63) is 75.0 Å². The molecule has 0 aliphatic heterocycles. The zero-order valence-corrected chi connectivity index (χ0v) is 18.2. The third-order valence-electron chi connectivity index (χ3n) is 5.98. The largest absolute Gasteiger partial charge is 0.390 e. The first-order valence-corrected chi connectivity index (χ1v) is 11.2. The molecule has 2 atom stereocenters. The van der Waals surface area contributed by atoms with Gasteiger partial charge in [0.15, 0.2) is 0 Å². The van der Waals surface area contributed by atoms with E-state index in [1.165, 1.54) is 5.56 Å². The van der Waals surface area contributed by atoms with Gasteiger partial charge in [-0.05, 0) is 48.6 Å². The van der Waals surface area contributed by atoms with Crippen molar-refractivity contribution in [1.82, 2.24) is 9.97 Å². The van der Waals surface area contributed by atoms with E-state index in [0.29, 0.717) is 22.4 Å². The van der Waals surface area contributed by atoms with Crippen molar-refractivity contribution in [2.45, 2.75) is 50.7 Å². The highest BCUT2D eigenvalue weighted by atomic mass is 35.5. The fourth-order valence-electron chi connectivity index (χ4n) is 4.26. The number of nitrogens with zero attached hydrogens (tertiary/aromatic N) is 2. The molecule has 154 valence electrons. The van der Waals surface area contributed by atoms with Crippen LogP contribution in [0.1, 0.15) is 54.2 Å². The van der Waals surface area contributed by atoms with Crippen molar-refractivity contribution in [3.8, 4) is 11.3 Å². The van der Waals surface area contributed by atoms with E-state index in [1.54, 1.807) is 6.07 Å². The lowest BCUT2D eigenvalue weighted by Gasteiger charge is -2.22. The van der Waals surface area contributed by atoms with Crippen molar-refractivity contribution >= 4 is 29.0 Å². The second kappa shape index (κ2) is 7.84. The molecule has 3 aromatic rings. The lowest BCUT2D eigenvalue weighted by molar-refractivity contribution is 0.165. The molecule has 2 N–H and O–H groups in total. The number of benzene rings is 2. The van der Waals surface area contributed by atoms with Crippen LogP contribution < -0.4 is 5.32 Å². The summed E-state index contributed by atoms with van der Waals surface area (Å²) in [6.45, 7) is 2.07. The molecule has 1 saturated carbocycles.